The molecule has 0 fully saturated rings. The molecule has 0 radical (unpaired) electrons. The summed E-state index contributed by atoms with van der Waals surface area (Å²) in [6.07, 6.45) is 0. The minimum absolute atomic E-state index is 0.201. The smallest absolute Gasteiger partial charge is 0.237 e. The number of fused-ring (bicyclic) bond motifs is 2. The molecule has 4 rings (SSSR count). The Kier molecular flexibility index (Phi) is 5.03. The average Bonchev–Trinajstić information content (AvgIpc) is 2.73. The van der Waals surface area contributed by atoms with E-state index < -0.39 is 5.25 Å². The van der Waals surface area contributed by atoms with Crippen LogP contribution in [-0.2, 0) is 4.79 Å². The predicted molar refractivity (Wildman–Crippen MR) is 110 cm³/mol. The standard InChI is InChI=1S/C23H16FNO3S/c1-13(29-16-9-6-14(24)7-10-16)23(28)25-15-8-11-19-20(12-15)22(27)18-5-3-2-4-17(18)21(19)26/h2-13H,1H3,(H,25,28). The molecule has 0 spiro atoms. The highest BCUT2D eigenvalue weighted by atomic mass is 32.2. The number of hydrogen-bond donors (Lipinski definition) is 1. The maximum absolute atomic E-state index is 13.0. The van der Waals surface area contributed by atoms with E-state index in [0.717, 1.165) is 4.90 Å². The summed E-state index contributed by atoms with van der Waals surface area (Å²) in [7, 11) is 0. The number of amides is 1. The van der Waals surface area contributed by atoms with Crippen LogP contribution in [0, 0.1) is 5.82 Å². The summed E-state index contributed by atoms with van der Waals surface area (Å²) in [6.45, 7) is 1.74. The number of nitrogens with one attached hydrogen (secondary N) is 1. The fourth-order valence-corrected chi connectivity index (χ4v) is 4.06. The summed E-state index contributed by atoms with van der Waals surface area (Å²) in [4.78, 5) is 38.8. The molecule has 3 aromatic rings. The summed E-state index contributed by atoms with van der Waals surface area (Å²) < 4.78 is 13.0. The molecule has 1 unspecified atom stereocenters. The number of halogens is 1. The number of hydrogen-bond acceptors (Lipinski definition) is 4. The first-order chi connectivity index (χ1) is 13.9. The Balaban J connectivity index is 1.53. The van der Waals surface area contributed by atoms with E-state index in [1.807, 2.05) is 0 Å². The van der Waals surface area contributed by atoms with Crippen molar-refractivity contribution in [3.63, 3.8) is 0 Å². The van der Waals surface area contributed by atoms with Gasteiger partial charge in [0.15, 0.2) is 11.6 Å². The second kappa shape index (κ2) is 7.64. The maximum Gasteiger partial charge on any atom is 0.237 e. The van der Waals surface area contributed by atoms with Crippen molar-refractivity contribution in [3.05, 3.63) is 94.8 Å². The number of thioether (sulfide) groups is 1. The Morgan fingerprint density at radius 1 is 0.862 bits per heavy atom. The van der Waals surface area contributed by atoms with Gasteiger partial charge in [0.2, 0.25) is 5.91 Å². The molecule has 0 bridgehead atoms. The molecule has 29 heavy (non-hydrogen) atoms. The van der Waals surface area contributed by atoms with Gasteiger partial charge in [-0.2, -0.15) is 0 Å². The first kappa shape index (κ1) is 19.1. The van der Waals surface area contributed by atoms with Crippen molar-refractivity contribution in [2.75, 3.05) is 5.32 Å². The van der Waals surface area contributed by atoms with E-state index in [1.54, 1.807) is 61.5 Å². The van der Waals surface area contributed by atoms with Crippen LogP contribution in [0.5, 0.6) is 0 Å². The van der Waals surface area contributed by atoms with E-state index >= 15 is 0 Å². The Morgan fingerprint density at radius 3 is 2.10 bits per heavy atom. The lowest BCUT2D eigenvalue weighted by Crippen LogP contribution is -2.24. The third-order valence-electron chi connectivity index (χ3n) is 4.69. The van der Waals surface area contributed by atoms with Gasteiger partial charge in [0.1, 0.15) is 5.82 Å². The van der Waals surface area contributed by atoms with E-state index in [1.165, 1.54) is 23.9 Å². The number of rotatable bonds is 4. The second-order valence-corrected chi connectivity index (χ2v) is 8.08. The van der Waals surface area contributed by atoms with Gasteiger partial charge in [0.25, 0.3) is 0 Å². The van der Waals surface area contributed by atoms with E-state index in [0.29, 0.717) is 22.4 Å². The molecular weight excluding hydrogens is 389 g/mol. The van der Waals surface area contributed by atoms with Gasteiger partial charge in [-0.1, -0.05) is 24.3 Å². The molecule has 1 aliphatic carbocycles. The van der Waals surface area contributed by atoms with Crippen LogP contribution in [0.3, 0.4) is 0 Å². The lowest BCUT2D eigenvalue weighted by molar-refractivity contribution is -0.115. The molecule has 0 aliphatic heterocycles. The van der Waals surface area contributed by atoms with Crippen molar-refractivity contribution in [1.82, 2.24) is 0 Å². The number of carbonyl (C=O) groups excluding carboxylic acids is 3. The summed E-state index contributed by atoms with van der Waals surface area (Å²) in [5.41, 5.74) is 1.83. The lowest BCUT2D eigenvalue weighted by Gasteiger charge is -2.18. The molecule has 1 atom stereocenters. The Labute approximate surface area is 171 Å². The summed E-state index contributed by atoms with van der Waals surface area (Å²) in [6, 6.07) is 17.4. The van der Waals surface area contributed by atoms with Crippen LogP contribution in [0.25, 0.3) is 0 Å². The maximum atomic E-state index is 13.0. The van der Waals surface area contributed by atoms with Crippen LogP contribution >= 0.6 is 11.8 Å². The molecule has 0 saturated carbocycles. The zero-order chi connectivity index (χ0) is 20.5. The van der Waals surface area contributed by atoms with Gasteiger partial charge in [-0.05, 0) is 49.4 Å². The van der Waals surface area contributed by atoms with Gasteiger partial charge >= 0.3 is 0 Å². The number of carbonyl (C=O) groups is 3. The van der Waals surface area contributed by atoms with Gasteiger partial charge in [0.05, 0.1) is 5.25 Å². The molecule has 3 aromatic carbocycles. The average molecular weight is 405 g/mol. The number of ketones is 2. The molecule has 1 amide bonds. The Morgan fingerprint density at radius 2 is 1.45 bits per heavy atom. The van der Waals surface area contributed by atoms with E-state index in [-0.39, 0.29) is 28.9 Å². The SMILES string of the molecule is CC(Sc1ccc(F)cc1)C(=O)Nc1ccc2c(c1)C(=O)c1ccccc1C2=O. The molecule has 1 aliphatic rings. The van der Waals surface area contributed by atoms with Gasteiger partial charge in [-0.3, -0.25) is 14.4 Å². The summed E-state index contributed by atoms with van der Waals surface area (Å²) in [5, 5.41) is 2.35. The third kappa shape index (κ3) is 3.71. The molecule has 1 N–H and O–H groups in total. The monoisotopic (exact) mass is 405 g/mol. The van der Waals surface area contributed by atoms with Crippen molar-refractivity contribution in [2.24, 2.45) is 0 Å². The quantitative estimate of drug-likeness (QED) is 0.499. The van der Waals surface area contributed by atoms with Gasteiger partial charge in [0, 0.05) is 32.8 Å². The van der Waals surface area contributed by atoms with Crippen LogP contribution < -0.4 is 5.32 Å². The minimum Gasteiger partial charge on any atom is -0.325 e. The van der Waals surface area contributed by atoms with E-state index in [9.17, 15) is 18.8 Å². The number of anilines is 1. The van der Waals surface area contributed by atoms with Crippen LogP contribution in [0.2, 0.25) is 0 Å². The number of benzene rings is 3. The largest absolute Gasteiger partial charge is 0.325 e. The van der Waals surface area contributed by atoms with Crippen molar-refractivity contribution < 1.29 is 18.8 Å². The van der Waals surface area contributed by atoms with Crippen molar-refractivity contribution in [1.29, 1.82) is 0 Å². The highest BCUT2D eigenvalue weighted by Gasteiger charge is 2.29. The lowest BCUT2D eigenvalue weighted by atomic mass is 9.84. The van der Waals surface area contributed by atoms with Crippen molar-refractivity contribution >= 4 is 34.9 Å². The van der Waals surface area contributed by atoms with Gasteiger partial charge in [-0.15, -0.1) is 11.8 Å². The minimum atomic E-state index is -0.436. The Bertz CT molecular complexity index is 1140. The molecule has 4 nitrogen and oxygen atoms in total. The summed E-state index contributed by atoms with van der Waals surface area (Å²) >= 11 is 1.30. The topological polar surface area (TPSA) is 63.2 Å². The van der Waals surface area contributed by atoms with Crippen LogP contribution in [0.15, 0.2) is 71.6 Å². The van der Waals surface area contributed by atoms with Crippen LogP contribution in [0.4, 0.5) is 10.1 Å². The van der Waals surface area contributed by atoms with Crippen molar-refractivity contribution in [2.45, 2.75) is 17.1 Å². The second-order valence-electron chi connectivity index (χ2n) is 6.67. The zero-order valence-electron chi connectivity index (χ0n) is 15.4. The molecule has 0 heterocycles. The van der Waals surface area contributed by atoms with Gasteiger partial charge in [-0.25, -0.2) is 4.39 Å². The van der Waals surface area contributed by atoms with Gasteiger partial charge < -0.3 is 5.32 Å². The van der Waals surface area contributed by atoms with Crippen LogP contribution in [-0.4, -0.2) is 22.7 Å². The van der Waals surface area contributed by atoms with E-state index in [4.69, 9.17) is 0 Å². The fraction of sp³-hybridized carbons (Fsp3) is 0.0870. The first-order valence-corrected chi connectivity index (χ1v) is 9.87. The van der Waals surface area contributed by atoms with E-state index in [2.05, 4.69) is 5.32 Å². The highest BCUT2D eigenvalue weighted by Crippen LogP contribution is 2.30. The molecule has 0 saturated heterocycles. The molecular formula is C23H16FNO3S. The molecule has 6 heteroatoms. The molecule has 0 aromatic heterocycles. The fourth-order valence-electron chi connectivity index (χ4n) is 3.19. The van der Waals surface area contributed by atoms with Crippen LogP contribution in [0.1, 0.15) is 38.8 Å². The van der Waals surface area contributed by atoms with Crippen molar-refractivity contribution in [3.8, 4) is 0 Å². The third-order valence-corrected chi connectivity index (χ3v) is 5.80. The highest BCUT2D eigenvalue weighted by molar-refractivity contribution is 8.00. The first-order valence-electron chi connectivity index (χ1n) is 8.99. The Hall–Kier alpha value is -3.25. The zero-order valence-corrected chi connectivity index (χ0v) is 16.3. The summed E-state index contributed by atoms with van der Waals surface area (Å²) in [5.74, 6) is -1.02. The molecule has 144 valence electrons. The normalized spacial score (nSPS) is 13.4. The predicted octanol–water partition coefficient (Wildman–Crippen LogP) is 4.72.